The number of carbonyl (C=O) groups excluding carboxylic acids is 2. The Balaban J connectivity index is 1.26. The van der Waals surface area contributed by atoms with Gasteiger partial charge in [-0.3, -0.25) is 9.69 Å². The summed E-state index contributed by atoms with van der Waals surface area (Å²) < 4.78 is 9.98. The second kappa shape index (κ2) is 10.7. The van der Waals surface area contributed by atoms with Crippen LogP contribution in [-0.2, 0) is 11.3 Å². The summed E-state index contributed by atoms with van der Waals surface area (Å²) >= 11 is 0. The number of piperidine rings is 1. The normalized spacial score (nSPS) is 17.5. The number of nitrogens with zero attached hydrogens (tertiary/aromatic N) is 5. The van der Waals surface area contributed by atoms with Gasteiger partial charge in [-0.25, -0.2) is 4.79 Å². The first-order valence-electron chi connectivity index (χ1n) is 11.7. The van der Waals surface area contributed by atoms with E-state index < -0.39 is 0 Å². The molecule has 0 spiro atoms. The molecule has 2 fully saturated rings. The number of anilines is 1. The molecule has 2 aliphatic heterocycles. The van der Waals surface area contributed by atoms with E-state index in [4.69, 9.17) is 9.26 Å². The van der Waals surface area contributed by atoms with E-state index in [0.29, 0.717) is 44.4 Å². The molecule has 0 aliphatic carbocycles. The largest absolute Gasteiger partial charge is 0.450 e. The number of hydrogen-bond acceptors (Lipinski definition) is 7. The number of rotatable bonds is 6. The third-order valence-electron chi connectivity index (χ3n) is 6.56. The van der Waals surface area contributed by atoms with Crippen molar-refractivity contribution in [2.75, 3.05) is 57.8 Å². The van der Waals surface area contributed by atoms with Crippen LogP contribution in [0.15, 0.2) is 41.1 Å². The first-order valence-corrected chi connectivity index (χ1v) is 11.7. The van der Waals surface area contributed by atoms with E-state index in [1.807, 2.05) is 30.3 Å². The summed E-state index contributed by atoms with van der Waals surface area (Å²) in [7, 11) is 2.14. The molecular formula is C24H33N5O4. The van der Waals surface area contributed by atoms with Gasteiger partial charge in [-0.1, -0.05) is 5.16 Å². The number of benzene rings is 1. The molecule has 4 rings (SSSR count). The van der Waals surface area contributed by atoms with Crippen LogP contribution >= 0.6 is 0 Å². The van der Waals surface area contributed by atoms with E-state index in [0.717, 1.165) is 43.9 Å². The number of hydrogen-bond donors (Lipinski definition) is 0. The van der Waals surface area contributed by atoms with Crippen molar-refractivity contribution < 1.29 is 18.8 Å². The average molecular weight is 456 g/mol. The molecule has 1 aromatic carbocycles. The lowest BCUT2D eigenvalue weighted by molar-refractivity contribution is 0.0570. The number of aromatic nitrogens is 1. The lowest BCUT2D eigenvalue weighted by Crippen LogP contribution is -2.50. The number of ether oxygens (including phenoxy) is 1. The number of carbonyl (C=O) groups is 2. The Morgan fingerprint density at radius 1 is 1.03 bits per heavy atom. The summed E-state index contributed by atoms with van der Waals surface area (Å²) in [5, 5.41) is 4.01. The predicted molar refractivity (Wildman–Crippen MR) is 124 cm³/mol. The minimum absolute atomic E-state index is 0.0123. The summed E-state index contributed by atoms with van der Waals surface area (Å²) in [4.78, 5) is 32.9. The van der Waals surface area contributed by atoms with Gasteiger partial charge in [-0.15, -0.1) is 0 Å². The second-order valence-electron chi connectivity index (χ2n) is 8.65. The lowest BCUT2D eigenvalue weighted by atomic mass is 10.0. The standard InChI is InChI=1S/C24H33N5O4/c1-3-32-24(31)29-15-13-28(14-16-29)23(30)19-4-6-22(7-5-19)27-11-8-21(9-12-27)26(2)18-20-10-17-33-25-20/h4-7,10,17,21H,3,8-9,11-16,18H2,1-2H3. The van der Waals surface area contributed by atoms with E-state index in [1.165, 1.54) is 0 Å². The monoisotopic (exact) mass is 455 g/mol. The van der Waals surface area contributed by atoms with Crippen molar-refractivity contribution in [2.45, 2.75) is 32.4 Å². The molecule has 0 radical (unpaired) electrons. The Bertz CT molecular complexity index is 901. The molecule has 2 aromatic rings. The zero-order valence-electron chi connectivity index (χ0n) is 19.5. The minimum Gasteiger partial charge on any atom is -0.450 e. The van der Waals surface area contributed by atoms with Crippen molar-refractivity contribution in [1.82, 2.24) is 19.9 Å². The Hall–Kier alpha value is -3.07. The van der Waals surface area contributed by atoms with Crippen LogP contribution in [-0.4, -0.2) is 90.8 Å². The molecule has 0 atom stereocenters. The third kappa shape index (κ3) is 5.65. The summed E-state index contributed by atoms with van der Waals surface area (Å²) in [5.41, 5.74) is 2.80. The maximum absolute atomic E-state index is 12.9. The van der Waals surface area contributed by atoms with Crippen molar-refractivity contribution >= 4 is 17.7 Å². The molecule has 2 aliphatic rings. The van der Waals surface area contributed by atoms with Crippen molar-refractivity contribution in [3.63, 3.8) is 0 Å². The topological polar surface area (TPSA) is 82.4 Å². The SMILES string of the molecule is CCOC(=O)N1CCN(C(=O)c2ccc(N3CCC(N(C)Cc4ccon4)CC3)cc2)CC1. The maximum Gasteiger partial charge on any atom is 0.409 e. The van der Waals surface area contributed by atoms with Crippen LogP contribution in [0, 0.1) is 0 Å². The Morgan fingerprint density at radius 2 is 1.70 bits per heavy atom. The van der Waals surface area contributed by atoms with Crippen LogP contribution in [0.4, 0.5) is 10.5 Å². The van der Waals surface area contributed by atoms with Gasteiger partial charge < -0.3 is 24.0 Å². The van der Waals surface area contributed by atoms with Gasteiger partial charge in [-0.05, 0) is 51.1 Å². The van der Waals surface area contributed by atoms with E-state index in [1.54, 1.807) is 23.0 Å². The molecule has 2 amide bonds. The molecule has 9 nitrogen and oxygen atoms in total. The Kier molecular flexibility index (Phi) is 7.49. The van der Waals surface area contributed by atoms with Gasteiger partial charge in [0.15, 0.2) is 0 Å². The molecular weight excluding hydrogens is 422 g/mol. The molecule has 2 saturated heterocycles. The maximum atomic E-state index is 12.9. The smallest absolute Gasteiger partial charge is 0.409 e. The molecule has 3 heterocycles. The minimum atomic E-state index is -0.304. The summed E-state index contributed by atoms with van der Waals surface area (Å²) in [6.07, 6.45) is 3.48. The van der Waals surface area contributed by atoms with Gasteiger partial charge in [-0.2, -0.15) is 0 Å². The fraction of sp³-hybridized carbons (Fsp3) is 0.542. The molecule has 178 valence electrons. The zero-order valence-corrected chi connectivity index (χ0v) is 19.5. The van der Waals surface area contributed by atoms with Crippen LogP contribution in [0.3, 0.4) is 0 Å². The highest BCUT2D eigenvalue weighted by Gasteiger charge is 2.26. The Morgan fingerprint density at radius 3 is 2.30 bits per heavy atom. The van der Waals surface area contributed by atoms with Crippen molar-refractivity contribution in [3.05, 3.63) is 47.9 Å². The molecule has 0 bridgehead atoms. The van der Waals surface area contributed by atoms with Crippen LogP contribution in [0.25, 0.3) is 0 Å². The molecule has 0 N–H and O–H groups in total. The van der Waals surface area contributed by atoms with Gasteiger partial charge in [0.05, 0.1) is 12.3 Å². The third-order valence-corrected chi connectivity index (χ3v) is 6.56. The van der Waals surface area contributed by atoms with Crippen molar-refractivity contribution in [3.8, 4) is 0 Å². The highest BCUT2D eigenvalue weighted by atomic mass is 16.6. The molecule has 0 saturated carbocycles. The van der Waals surface area contributed by atoms with Crippen molar-refractivity contribution in [1.29, 1.82) is 0 Å². The molecule has 33 heavy (non-hydrogen) atoms. The summed E-state index contributed by atoms with van der Waals surface area (Å²) in [6.45, 7) is 6.97. The second-order valence-corrected chi connectivity index (χ2v) is 8.65. The van der Waals surface area contributed by atoms with Crippen LogP contribution in [0.2, 0.25) is 0 Å². The summed E-state index contributed by atoms with van der Waals surface area (Å²) in [5.74, 6) is 0.0123. The van der Waals surface area contributed by atoms with Crippen LogP contribution in [0.1, 0.15) is 35.8 Å². The zero-order chi connectivity index (χ0) is 23.2. The summed E-state index contributed by atoms with van der Waals surface area (Å²) in [6, 6.07) is 10.3. The number of amides is 2. The van der Waals surface area contributed by atoms with Crippen molar-refractivity contribution in [2.24, 2.45) is 0 Å². The average Bonchev–Trinajstić information content (AvgIpc) is 3.37. The van der Waals surface area contributed by atoms with Gasteiger partial charge >= 0.3 is 6.09 Å². The van der Waals surface area contributed by atoms with E-state index in [-0.39, 0.29) is 12.0 Å². The Labute approximate surface area is 194 Å². The molecule has 1 aromatic heterocycles. The highest BCUT2D eigenvalue weighted by molar-refractivity contribution is 5.94. The fourth-order valence-electron chi connectivity index (χ4n) is 4.57. The first kappa shape index (κ1) is 23.1. The van der Waals surface area contributed by atoms with E-state index in [9.17, 15) is 9.59 Å². The van der Waals surface area contributed by atoms with Crippen LogP contribution in [0.5, 0.6) is 0 Å². The van der Waals surface area contributed by atoms with Crippen LogP contribution < -0.4 is 4.90 Å². The van der Waals surface area contributed by atoms with Gasteiger partial charge in [0.25, 0.3) is 5.91 Å². The van der Waals surface area contributed by atoms with E-state index in [2.05, 4.69) is 22.0 Å². The predicted octanol–water partition coefficient (Wildman–Crippen LogP) is 2.69. The quantitative estimate of drug-likeness (QED) is 0.662. The van der Waals surface area contributed by atoms with Gasteiger partial charge in [0.1, 0.15) is 6.26 Å². The van der Waals surface area contributed by atoms with Gasteiger partial charge in [0, 0.05) is 69.2 Å². The lowest BCUT2D eigenvalue weighted by Gasteiger charge is -2.37. The van der Waals surface area contributed by atoms with Gasteiger partial charge in [0.2, 0.25) is 0 Å². The number of piperazine rings is 1. The fourth-order valence-corrected chi connectivity index (χ4v) is 4.57. The molecule has 0 unspecified atom stereocenters. The van der Waals surface area contributed by atoms with E-state index >= 15 is 0 Å². The first-order chi connectivity index (χ1) is 16.0. The molecule has 9 heteroatoms. The highest BCUT2D eigenvalue weighted by Crippen LogP contribution is 2.24.